The molecule has 17 heavy (non-hydrogen) atoms. The number of nitrogens with one attached hydrogen (secondary N) is 1. The summed E-state index contributed by atoms with van der Waals surface area (Å²) in [6.07, 6.45) is 1.26. The summed E-state index contributed by atoms with van der Waals surface area (Å²) in [5.41, 5.74) is 0.562. The monoisotopic (exact) mass is 257 g/mol. The first-order chi connectivity index (χ1) is 8.12. The average molecular weight is 258 g/mol. The molecule has 0 aliphatic rings. The zero-order valence-electron chi connectivity index (χ0n) is 10.2. The molecule has 0 saturated carbocycles. The SMILES string of the molecule is CCCC(=O)Nc1cc(OC)c(Cl)cc1OC. The van der Waals surface area contributed by atoms with Crippen molar-refractivity contribution in [3.8, 4) is 11.5 Å². The highest BCUT2D eigenvalue weighted by Gasteiger charge is 2.11. The van der Waals surface area contributed by atoms with Gasteiger partial charge >= 0.3 is 0 Å². The Morgan fingerprint density at radius 2 is 1.94 bits per heavy atom. The van der Waals surface area contributed by atoms with E-state index in [0.717, 1.165) is 6.42 Å². The molecule has 0 atom stereocenters. The molecule has 0 bridgehead atoms. The third kappa shape index (κ3) is 3.53. The van der Waals surface area contributed by atoms with Crippen LogP contribution in [0, 0.1) is 0 Å². The minimum atomic E-state index is -0.0600. The molecule has 0 aromatic heterocycles. The Hall–Kier alpha value is -1.42. The van der Waals surface area contributed by atoms with Gasteiger partial charge in [-0.25, -0.2) is 0 Å². The van der Waals surface area contributed by atoms with Crippen LogP contribution in [0.1, 0.15) is 19.8 Å². The summed E-state index contributed by atoms with van der Waals surface area (Å²) in [7, 11) is 3.04. The Labute approximate surface area is 106 Å². The van der Waals surface area contributed by atoms with Gasteiger partial charge in [0.25, 0.3) is 0 Å². The molecule has 1 aromatic carbocycles. The first-order valence-corrected chi connectivity index (χ1v) is 5.71. The zero-order valence-corrected chi connectivity index (χ0v) is 10.9. The van der Waals surface area contributed by atoms with Crippen molar-refractivity contribution in [3.05, 3.63) is 17.2 Å². The first kappa shape index (κ1) is 13.6. The lowest BCUT2D eigenvalue weighted by Gasteiger charge is -2.12. The van der Waals surface area contributed by atoms with Gasteiger partial charge in [-0.1, -0.05) is 18.5 Å². The lowest BCUT2D eigenvalue weighted by atomic mass is 10.2. The van der Waals surface area contributed by atoms with Gasteiger partial charge in [-0.05, 0) is 6.42 Å². The zero-order chi connectivity index (χ0) is 12.8. The average Bonchev–Trinajstić information content (AvgIpc) is 2.31. The van der Waals surface area contributed by atoms with E-state index in [1.165, 1.54) is 14.2 Å². The lowest BCUT2D eigenvalue weighted by molar-refractivity contribution is -0.116. The number of anilines is 1. The first-order valence-electron chi connectivity index (χ1n) is 5.33. The van der Waals surface area contributed by atoms with Crippen molar-refractivity contribution in [2.75, 3.05) is 19.5 Å². The second kappa shape index (κ2) is 6.35. The number of carbonyl (C=O) groups excluding carboxylic acids is 1. The number of ether oxygens (including phenoxy) is 2. The maximum absolute atomic E-state index is 11.5. The Balaban J connectivity index is 2.99. The molecule has 0 radical (unpaired) electrons. The normalized spacial score (nSPS) is 9.88. The fourth-order valence-corrected chi connectivity index (χ4v) is 1.63. The minimum absolute atomic E-state index is 0.0600. The molecule has 0 fully saturated rings. The van der Waals surface area contributed by atoms with E-state index in [9.17, 15) is 4.79 Å². The molecule has 1 rings (SSSR count). The van der Waals surface area contributed by atoms with Crippen LogP contribution in [0.5, 0.6) is 11.5 Å². The van der Waals surface area contributed by atoms with Crippen LogP contribution >= 0.6 is 11.6 Å². The summed E-state index contributed by atoms with van der Waals surface area (Å²) in [5, 5.41) is 3.20. The number of hydrogen-bond acceptors (Lipinski definition) is 3. The van der Waals surface area contributed by atoms with E-state index in [0.29, 0.717) is 28.6 Å². The van der Waals surface area contributed by atoms with Crippen LogP contribution < -0.4 is 14.8 Å². The van der Waals surface area contributed by atoms with Crippen molar-refractivity contribution in [2.45, 2.75) is 19.8 Å². The molecular weight excluding hydrogens is 242 g/mol. The summed E-state index contributed by atoms with van der Waals surface area (Å²) in [4.78, 5) is 11.5. The van der Waals surface area contributed by atoms with Crippen LogP contribution in [-0.2, 0) is 4.79 Å². The van der Waals surface area contributed by atoms with Crippen molar-refractivity contribution < 1.29 is 14.3 Å². The maximum Gasteiger partial charge on any atom is 0.224 e. The molecule has 0 aliphatic heterocycles. The van der Waals surface area contributed by atoms with E-state index >= 15 is 0 Å². The summed E-state index contributed by atoms with van der Waals surface area (Å²) in [6, 6.07) is 3.26. The fourth-order valence-electron chi connectivity index (χ4n) is 1.40. The molecule has 5 heteroatoms. The van der Waals surface area contributed by atoms with Crippen molar-refractivity contribution in [2.24, 2.45) is 0 Å². The van der Waals surface area contributed by atoms with E-state index in [-0.39, 0.29) is 5.91 Å². The van der Waals surface area contributed by atoms with Gasteiger partial charge in [0.05, 0.1) is 24.9 Å². The number of halogens is 1. The lowest BCUT2D eigenvalue weighted by Crippen LogP contribution is -2.11. The van der Waals surface area contributed by atoms with Crippen LogP contribution in [0.15, 0.2) is 12.1 Å². The largest absolute Gasteiger partial charge is 0.495 e. The topological polar surface area (TPSA) is 47.6 Å². The van der Waals surface area contributed by atoms with Crippen molar-refractivity contribution in [3.63, 3.8) is 0 Å². The predicted molar refractivity (Wildman–Crippen MR) is 68.1 cm³/mol. The van der Waals surface area contributed by atoms with Crippen LogP contribution in [-0.4, -0.2) is 20.1 Å². The van der Waals surface area contributed by atoms with Gasteiger partial charge in [0.1, 0.15) is 11.5 Å². The number of methoxy groups -OCH3 is 2. The summed E-state index contributed by atoms with van der Waals surface area (Å²) in [5.74, 6) is 0.953. The second-order valence-corrected chi connectivity index (χ2v) is 3.89. The van der Waals surface area contributed by atoms with E-state index < -0.39 is 0 Å². The predicted octanol–water partition coefficient (Wildman–Crippen LogP) is 3.10. The maximum atomic E-state index is 11.5. The fraction of sp³-hybridized carbons (Fsp3) is 0.417. The van der Waals surface area contributed by atoms with Crippen LogP contribution in [0.3, 0.4) is 0 Å². The summed E-state index contributed by atoms with van der Waals surface area (Å²) < 4.78 is 10.2. The molecule has 4 nitrogen and oxygen atoms in total. The Kier molecular flexibility index (Phi) is 5.10. The summed E-state index contributed by atoms with van der Waals surface area (Å²) >= 11 is 5.96. The Morgan fingerprint density at radius 3 is 2.47 bits per heavy atom. The van der Waals surface area contributed by atoms with Crippen molar-refractivity contribution >= 4 is 23.2 Å². The van der Waals surface area contributed by atoms with Crippen LogP contribution in [0.4, 0.5) is 5.69 Å². The molecule has 1 N–H and O–H groups in total. The van der Waals surface area contributed by atoms with Gasteiger partial charge in [0.15, 0.2) is 0 Å². The Bertz CT molecular complexity index is 407. The quantitative estimate of drug-likeness (QED) is 0.882. The Morgan fingerprint density at radius 1 is 1.29 bits per heavy atom. The van der Waals surface area contributed by atoms with Crippen molar-refractivity contribution in [1.29, 1.82) is 0 Å². The standard InChI is InChI=1S/C12H16ClNO3/c1-4-5-12(15)14-9-7-10(16-2)8(13)6-11(9)17-3/h6-7H,4-5H2,1-3H3,(H,14,15). The number of amides is 1. The molecule has 0 saturated heterocycles. The second-order valence-electron chi connectivity index (χ2n) is 3.49. The van der Waals surface area contributed by atoms with Gasteiger partial charge in [0, 0.05) is 18.6 Å². The number of carbonyl (C=O) groups is 1. The molecule has 0 unspecified atom stereocenters. The highest BCUT2D eigenvalue weighted by atomic mass is 35.5. The molecule has 1 amide bonds. The third-order valence-electron chi connectivity index (χ3n) is 2.23. The summed E-state index contributed by atoms with van der Waals surface area (Å²) in [6.45, 7) is 1.94. The van der Waals surface area contributed by atoms with Crippen LogP contribution in [0.25, 0.3) is 0 Å². The number of benzene rings is 1. The van der Waals surface area contributed by atoms with E-state index in [2.05, 4.69) is 5.32 Å². The third-order valence-corrected chi connectivity index (χ3v) is 2.52. The molecular formula is C12H16ClNO3. The van der Waals surface area contributed by atoms with Crippen molar-refractivity contribution in [1.82, 2.24) is 0 Å². The van der Waals surface area contributed by atoms with Crippen LogP contribution in [0.2, 0.25) is 5.02 Å². The number of hydrogen-bond donors (Lipinski definition) is 1. The van der Waals surface area contributed by atoms with Gasteiger partial charge in [-0.3, -0.25) is 4.79 Å². The van der Waals surface area contributed by atoms with Gasteiger partial charge in [-0.2, -0.15) is 0 Å². The molecule has 0 aliphatic carbocycles. The van der Waals surface area contributed by atoms with Gasteiger partial charge < -0.3 is 14.8 Å². The molecule has 0 heterocycles. The van der Waals surface area contributed by atoms with E-state index in [1.807, 2.05) is 6.92 Å². The minimum Gasteiger partial charge on any atom is -0.495 e. The molecule has 94 valence electrons. The molecule has 0 spiro atoms. The molecule has 1 aromatic rings. The highest BCUT2D eigenvalue weighted by molar-refractivity contribution is 6.32. The van der Waals surface area contributed by atoms with Gasteiger partial charge in [-0.15, -0.1) is 0 Å². The van der Waals surface area contributed by atoms with E-state index in [1.54, 1.807) is 12.1 Å². The smallest absolute Gasteiger partial charge is 0.224 e. The van der Waals surface area contributed by atoms with E-state index in [4.69, 9.17) is 21.1 Å². The highest BCUT2D eigenvalue weighted by Crippen LogP contribution is 2.35. The number of rotatable bonds is 5. The van der Waals surface area contributed by atoms with Gasteiger partial charge in [0.2, 0.25) is 5.91 Å².